The lowest BCUT2D eigenvalue weighted by molar-refractivity contribution is 0.104. The monoisotopic (exact) mass is 290 g/mol. The van der Waals surface area contributed by atoms with Gasteiger partial charge >= 0.3 is 0 Å². The van der Waals surface area contributed by atoms with Crippen molar-refractivity contribution >= 4 is 11.4 Å². The van der Waals surface area contributed by atoms with E-state index in [1.54, 1.807) is 12.3 Å². The van der Waals surface area contributed by atoms with Crippen LogP contribution in [0.25, 0.3) is 5.57 Å². The van der Waals surface area contributed by atoms with Crippen LogP contribution in [-0.4, -0.2) is 22.7 Å². The van der Waals surface area contributed by atoms with Gasteiger partial charge in [0.05, 0.1) is 0 Å². The van der Waals surface area contributed by atoms with Crippen LogP contribution >= 0.6 is 0 Å². The van der Waals surface area contributed by atoms with E-state index >= 15 is 0 Å². The molecule has 0 atom stereocenters. The van der Waals surface area contributed by atoms with Crippen LogP contribution < -0.4 is 0 Å². The number of rotatable bonds is 2. The third-order valence-electron chi connectivity index (χ3n) is 3.84. The summed E-state index contributed by atoms with van der Waals surface area (Å²) in [6.07, 6.45) is 16.6. The predicted octanol–water partition coefficient (Wildman–Crippen LogP) is 3.90. The van der Waals surface area contributed by atoms with Gasteiger partial charge in [-0.2, -0.15) is 0 Å². The highest BCUT2D eigenvalue weighted by atomic mass is 16.1. The molecule has 1 aliphatic carbocycles. The number of hydrogen-bond donors (Lipinski definition) is 0. The Labute approximate surface area is 130 Å². The SMILES string of the molecule is CCC1=CN(C)C(=CC=C2C=CC(=O)c3ncccc32)C=C1. The number of fused-ring (bicyclic) bond motifs is 1. The number of pyridine rings is 1. The molecule has 0 fully saturated rings. The van der Waals surface area contributed by atoms with E-state index in [-0.39, 0.29) is 5.78 Å². The summed E-state index contributed by atoms with van der Waals surface area (Å²) in [5.74, 6) is -0.0365. The smallest absolute Gasteiger partial charge is 0.204 e. The Bertz CT molecular complexity index is 763. The minimum atomic E-state index is -0.0365. The third kappa shape index (κ3) is 2.70. The van der Waals surface area contributed by atoms with Crippen LogP contribution in [0, 0.1) is 0 Å². The Kier molecular flexibility index (Phi) is 3.88. The van der Waals surface area contributed by atoms with Crippen LogP contribution in [0.5, 0.6) is 0 Å². The standard InChI is InChI=1S/C19H18N2O/c1-3-14-6-9-16(21(2)13-14)10-7-15-8-11-18(22)19-17(15)5-4-12-20-19/h4-13H,3H2,1-2H3. The summed E-state index contributed by atoms with van der Waals surface area (Å²) in [6.45, 7) is 2.15. The summed E-state index contributed by atoms with van der Waals surface area (Å²) >= 11 is 0. The summed E-state index contributed by atoms with van der Waals surface area (Å²) < 4.78 is 0. The number of nitrogens with zero attached hydrogens (tertiary/aromatic N) is 2. The first kappa shape index (κ1) is 14.3. The average molecular weight is 290 g/mol. The molecule has 3 rings (SSSR count). The quantitative estimate of drug-likeness (QED) is 0.828. The highest BCUT2D eigenvalue weighted by Gasteiger charge is 2.16. The molecule has 1 aromatic rings. The maximum absolute atomic E-state index is 11.8. The average Bonchev–Trinajstić information content (AvgIpc) is 2.55. The van der Waals surface area contributed by atoms with Gasteiger partial charge in [-0.1, -0.05) is 31.2 Å². The van der Waals surface area contributed by atoms with E-state index in [1.165, 1.54) is 5.57 Å². The van der Waals surface area contributed by atoms with Crippen molar-refractivity contribution in [3.8, 4) is 0 Å². The third-order valence-corrected chi connectivity index (χ3v) is 3.84. The number of ketones is 1. The predicted molar refractivity (Wildman–Crippen MR) is 89.0 cm³/mol. The molecule has 0 saturated carbocycles. The molecule has 22 heavy (non-hydrogen) atoms. The van der Waals surface area contributed by atoms with E-state index in [0.717, 1.165) is 23.3 Å². The number of allylic oxidation sites excluding steroid dienone is 8. The first-order chi connectivity index (χ1) is 10.7. The lowest BCUT2D eigenvalue weighted by Gasteiger charge is -2.20. The number of aromatic nitrogens is 1. The number of carbonyl (C=O) groups excluding carboxylic acids is 1. The van der Waals surface area contributed by atoms with Crippen LogP contribution in [0.3, 0.4) is 0 Å². The Morgan fingerprint density at radius 2 is 2.05 bits per heavy atom. The van der Waals surface area contributed by atoms with E-state index < -0.39 is 0 Å². The van der Waals surface area contributed by atoms with Gasteiger partial charge in [0.15, 0.2) is 0 Å². The fourth-order valence-electron chi connectivity index (χ4n) is 2.55. The van der Waals surface area contributed by atoms with Gasteiger partial charge in [-0.25, -0.2) is 0 Å². The molecule has 0 N–H and O–H groups in total. The second-order valence-corrected chi connectivity index (χ2v) is 5.31. The Morgan fingerprint density at radius 3 is 2.82 bits per heavy atom. The van der Waals surface area contributed by atoms with E-state index in [4.69, 9.17) is 0 Å². The van der Waals surface area contributed by atoms with Gasteiger partial charge in [0.1, 0.15) is 5.69 Å². The minimum absolute atomic E-state index is 0.0365. The molecule has 0 radical (unpaired) electrons. The van der Waals surface area contributed by atoms with Crippen LogP contribution in [0.15, 0.2) is 72.3 Å². The fourth-order valence-corrected chi connectivity index (χ4v) is 2.55. The molecule has 110 valence electrons. The van der Waals surface area contributed by atoms with Crippen molar-refractivity contribution in [1.29, 1.82) is 0 Å². The first-order valence-corrected chi connectivity index (χ1v) is 7.40. The summed E-state index contributed by atoms with van der Waals surface area (Å²) in [7, 11) is 2.04. The molecule has 2 aliphatic rings. The molecule has 1 aromatic heterocycles. The van der Waals surface area contributed by atoms with Crippen LogP contribution in [-0.2, 0) is 0 Å². The zero-order chi connectivity index (χ0) is 15.5. The second-order valence-electron chi connectivity index (χ2n) is 5.31. The molecule has 3 nitrogen and oxygen atoms in total. The Hall–Kier alpha value is -2.68. The zero-order valence-corrected chi connectivity index (χ0v) is 12.8. The number of hydrogen-bond acceptors (Lipinski definition) is 3. The molecule has 3 heteroatoms. The molecule has 0 bridgehead atoms. The van der Waals surface area contributed by atoms with Gasteiger partial charge in [-0.15, -0.1) is 0 Å². The van der Waals surface area contributed by atoms with Crippen LogP contribution in [0.1, 0.15) is 29.4 Å². The molecule has 0 unspecified atom stereocenters. The van der Waals surface area contributed by atoms with E-state index in [2.05, 4.69) is 41.2 Å². The summed E-state index contributed by atoms with van der Waals surface area (Å²) in [4.78, 5) is 18.1. The lowest BCUT2D eigenvalue weighted by atomic mass is 9.95. The zero-order valence-electron chi connectivity index (χ0n) is 12.8. The maximum atomic E-state index is 11.8. The topological polar surface area (TPSA) is 33.2 Å². The largest absolute Gasteiger partial charge is 0.351 e. The molecule has 2 heterocycles. The summed E-state index contributed by atoms with van der Waals surface area (Å²) in [5.41, 5.74) is 4.84. The Balaban J connectivity index is 1.93. The van der Waals surface area contributed by atoms with Crippen LogP contribution in [0.4, 0.5) is 0 Å². The van der Waals surface area contributed by atoms with Gasteiger partial charge in [-0.3, -0.25) is 9.78 Å². The molecular weight excluding hydrogens is 272 g/mol. The Morgan fingerprint density at radius 1 is 1.18 bits per heavy atom. The second kappa shape index (κ2) is 5.98. The molecule has 0 saturated heterocycles. The molecule has 1 aliphatic heterocycles. The maximum Gasteiger partial charge on any atom is 0.204 e. The van der Waals surface area contributed by atoms with Gasteiger partial charge in [0.2, 0.25) is 5.78 Å². The highest BCUT2D eigenvalue weighted by Crippen LogP contribution is 2.25. The van der Waals surface area contributed by atoms with Crippen molar-refractivity contribution < 1.29 is 4.79 Å². The van der Waals surface area contributed by atoms with Crippen molar-refractivity contribution in [3.05, 3.63) is 83.5 Å². The molecule has 0 amide bonds. The number of likely N-dealkylation sites (N-methyl/N-ethyl adjacent to an activating group) is 1. The van der Waals surface area contributed by atoms with Crippen molar-refractivity contribution in [2.75, 3.05) is 7.05 Å². The van der Waals surface area contributed by atoms with E-state index in [9.17, 15) is 4.79 Å². The highest BCUT2D eigenvalue weighted by molar-refractivity contribution is 6.11. The summed E-state index contributed by atoms with van der Waals surface area (Å²) in [6, 6.07) is 3.79. The minimum Gasteiger partial charge on any atom is -0.351 e. The van der Waals surface area contributed by atoms with Gasteiger partial charge in [0, 0.05) is 30.7 Å². The lowest BCUT2D eigenvalue weighted by Crippen LogP contribution is -2.12. The van der Waals surface area contributed by atoms with Gasteiger partial charge < -0.3 is 4.90 Å². The van der Waals surface area contributed by atoms with Gasteiger partial charge in [-0.05, 0) is 41.9 Å². The van der Waals surface area contributed by atoms with Crippen LogP contribution in [0.2, 0.25) is 0 Å². The van der Waals surface area contributed by atoms with E-state index in [0.29, 0.717) is 5.69 Å². The molecule has 0 spiro atoms. The molecular formula is C19H18N2O. The first-order valence-electron chi connectivity index (χ1n) is 7.40. The fraction of sp³-hybridized carbons (Fsp3) is 0.158. The normalized spacial score (nSPS) is 20.5. The van der Waals surface area contributed by atoms with Crippen molar-refractivity contribution in [2.45, 2.75) is 13.3 Å². The van der Waals surface area contributed by atoms with Gasteiger partial charge in [0.25, 0.3) is 0 Å². The summed E-state index contributed by atoms with van der Waals surface area (Å²) in [5, 5.41) is 0. The number of carbonyl (C=O) groups is 1. The van der Waals surface area contributed by atoms with Crippen molar-refractivity contribution in [3.63, 3.8) is 0 Å². The van der Waals surface area contributed by atoms with Crippen molar-refractivity contribution in [1.82, 2.24) is 9.88 Å². The molecule has 0 aromatic carbocycles. The van der Waals surface area contributed by atoms with E-state index in [1.807, 2.05) is 31.3 Å². The van der Waals surface area contributed by atoms with Crippen molar-refractivity contribution in [2.24, 2.45) is 0 Å².